The Bertz CT molecular complexity index is 2060. The molecule has 63 heavy (non-hydrogen) atoms. The second-order valence-electron chi connectivity index (χ2n) is 16.2. The number of nitrogens with one attached hydrogen (secondary N) is 4. The van der Waals surface area contributed by atoms with Crippen LogP contribution in [0.15, 0.2) is 36.4 Å². The Hall–Kier alpha value is -5.63. The summed E-state index contributed by atoms with van der Waals surface area (Å²) in [6, 6.07) is 6.44. The normalized spacial score (nSPS) is 18.3. The van der Waals surface area contributed by atoms with Crippen molar-refractivity contribution in [3.8, 4) is 0 Å². The molecule has 0 radical (unpaired) electrons. The standard InChI is InChI=1S/C42H54B2N6O13/c1-2-3-4-5-6-10-35(51)45-18-8-7-9-33(40(56)46-19-17-38(54)63-50-36(52)15-16-37(50)53)48-41(57)34-22-30(47-39(55)26-11-13-28-24-61-43(59)31(28)20-26)23-49(34)42(58)27-12-14-29-25-62-44(60)32(29)21-27/h11-14,20-21,30,33-34,59-60H,2-10,15-19,22-25H2,1H3,(H,45,51)(H,46,56)(H,47,55)(H,48,57)/t30-,33+,34+/m1/s1. The third kappa shape index (κ3) is 12.3. The molecule has 4 aliphatic heterocycles. The van der Waals surface area contributed by atoms with E-state index < -0.39 is 80.2 Å². The molecular formula is C42H54B2N6O13. The van der Waals surface area contributed by atoms with Gasteiger partial charge in [0.15, 0.2) is 0 Å². The van der Waals surface area contributed by atoms with E-state index in [0.29, 0.717) is 47.4 Å². The molecule has 7 amide bonds. The SMILES string of the molecule is CCCCCCCC(=O)NCCCC[C@H](NC(=O)[C@@H]1C[C@@H](NC(=O)c2ccc3c(c2)B(O)OC3)CN1C(=O)c1ccc2c(c1)B(O)OC2)C(=O)NCCC(=O)ON1C(=O)CCC1=O. The van der Waals surface area contributed by atoms with Gasteiger partial charge in [-0.3, -0.25) is 33.6 Å². The van der Waals surface area contributed by atoms with E-state index in [9.17, 15) is 48.4 Å². The van der Waals surface area contributed by atoms with E-state index in [4.69, 9.17) is 14.1 Å². The Labute approximate surface area is 365 Å². The molecule has 4 heterocycles. The maximum atomic E-state index is 14.3. The first-order chi connectivity index (χ1) is 30.3. The molecule has 2 saturated heterocycles. The number of carbonyl (C=O) groups excluding carboxylic acids is 8. The van der Waals surface area contributed by atoms with Crippen LogP contribution in [0.2, 0.25) is 0 Å². The van der Waals surface area contributed by atoms with Crippen molar-refractivity contribution in [2.75, 3.05) is 19.6 Å². The van der Waals surface area contributed by atoms with Gasteiger partial charge in [0.05, 0.1) is 19.6 Å². The van der Waals surface area contributed by atoms with E-state index in [2.05, 4.69) is 28.2 Å². The zero-order valence-electron chi connectivity index (χ0n) is 35.4. The molecule has 0 unspecified atom stereocenters. The molecule has 2 aromatic rings. The molecule has 2 fully saturated rings. The van der Waals surface area contributed by atoms with Crippen LogP contribution >= 0.6 is 0 Å². The zero-order chi connectivity index (χ0) is 45.0. The van der Waals surface area contributed by atoms with Gasteiger partial charge in [0.2, 0.25) is 17.7 Å². The number of rotatable bonds is 21. The van der Waals surface area contributed by atoms with Gasteiger partial charge in [0.1, 0.15) is 12.1 Å². The van der Waals surface area contributed by atoms with Crippen molar-refractivity contribution >= 4 is 72.5 Å². The zero-order valence-corrected chi connectivity index (χ0v) is 35.4. The number of carbonyl (C=O) groups is 8. The number of hydrogen-bond donors (Lipinski definition) is 6. The highest BCUT2D eigenvalue weighted by atomic mass is 16.7. The summed E-state index contributed by atoms with van der Waals surface area (Å²) in [6.07, 6.45) is 5.88. The first-order valence-corrected chi connectivity index (χ1v) is 21.7. The Kier molecular flexibility index (Phi) is 16.5. The molecule has 0 aromatic heterocycles. The maximum absolute atomic E-state index is 14.3. The molecule has 21 heteroatoms. The Balaban J connectivity index is 1.13. The molecule has 0 spiro atoms. The van der Waals surface area contributed by atoms with Crippen molar-refractivity contribution in [1.29, 1.82) is 0 Å². The van der Waals surface area contributed by atoms with Crippen LogP contribution in [-0.2, 0) is 56.1 Å². The van der Waals surface area contributed by atoms with Crippen LogP contribution in [0.3, 0.4) is 0 Å². The number of fused-ring (bicyclic) bond motifs is 2. The molecule has 3 atom stereocenters. The van der Waals surface area contributed by atoms with Gasteiger partial charge in [-0.25, -0.2) is 4.79 Å². The van der Waals surface area contributed by atoms with E-state index in [-0.39, 0.29) is 69.0 Å². The fraction of sp³-hybridized carbons (Fsp3) is 0.524. The maximum Gasteiger partial charge on any atom is 0.491 e. The lowest BCUT2D eigenvalue weighted by atomic mass is 9.78. The quantitative estimate of drug-likeness (QED) is 0.0520. The average molecular weight is 873 g/mol. The van der Waals surface area contributed by atoms with Gasteiger partial charge in [-0.15, -0.1) is 5.06 Å². The monoisotopic (exact) mass is 872 g/mol. The summed E-state index contributed by atoms with van der Waals surface area (Å²) in [5, 5.41) is 32.1. The van der Waals surface area contributed by atoms with Gasteiger partial charge >= 0.3 is 20.2 Å². The van der Waals surface area contributed by atoms with Crippen molar-refractivity contribution in [2.24, 2.45) is 0 Å². The minimum absolute atomic E-state index is 0.0325. The molecule has 0 bridgehead atoms. The molecule has 0 saturated carbocycles. The number of unbranched alkanes of at least 4 members (excludes halogenated alkanes) is 5. The van der Waals surface area contributed by atoms with Crippen LogP contribution in [0.4, 0.5) is 0 Å². The van der Waals surface area contributed by atoms with Gasteiger partial charge in [-0.1, -0.05) is 44.7 Å². The number of amides is 7. The number of hydroxylamine groups is 2. The first kappa shape index (κ1) is 46.9. The molecule has 19 nitrogen and oxygen atoms in total. The van der Waals surface area contributed by atoms with Crippen LogP contribution in [-0.4, -0.2) is 119 Å². The minimum Gasteiger partial charge on any atom is -0.423 e. The highest BCUT2D eigenvalue weighted by Crippen LogP contribution is 2.24. The fourth-order valence-corrected chi connectivity index (χ4v) is 7.98. The van der Waals surface area contributed by atoms with Gasteiger partial charge in [-0.2, -0.15) is 0 Å². The third-order valence-corrected chi connectivity index (χ3v) is 11.5. The highest BCUT2D eigenvalue weighted by Gasteiger charge is 2.42. The lowest BCUT2D eigenvalue weighted by Gasteiger charge is -2.26. The van der Waals surface area contributed by atoms with Gasteiger partial charge in [-0.05, 0) is 78.4 Å². The van der Waals surface area contributed by atoms with E-state index >= 15 is 0 Å². The fourth-order valence-electron chi connectivity index (χ4n) is 7.98. The first-order valence-electron chi connectivity index (χ1n) is 21.7. The number of benzene rings is 2. The summed E-state index contributed by atoms with van der Waals surface area (Å²) >= 11 is 0. The number of likely N-dealkylation sites (tertiary alicyclic amines) is 1. The Morgan fingerprint density at radius 3 is 2.14 bits per heavy atom. The van der Waals surface area contributed by atoms with E-state index in [1.165, 1.54) is 17.0 Å². The average Bonchev–Trinajstić information content (AvgIpc) is 4.05. The van der Waals surface area contributed by atoms with E-state index in [0.717, 1.165) is 37.7 Å². The summed E-state index contributed by atoms with van der Waals surface area (Å²) in [5.41, 5.74) is 2.72. The summed E-state index contributed by atoms with van der Waals surface area (Å²) in [7, 11) is -2.41. The predicted octanol–water partition coefficient (Wildman–Crippen LogP) is -0.620. The second kappa shape index (κ2) is 22.1. The van der Waals surface area contributed by atoms with Gasteiger partial charge < -0.3 is 50.4 Å². The summed E-state index contributed by atoms with van der Waals surface area (Å²) in [6.45, 7) is 2.49. The smallest absolute Gasteiger partial charge is 0.423 e. The van der Waals surface area contributed by atoms with Crippen molar-refractivity contribution in [3.05, 3.63) is 58.7 Å². The van der Waals surface area contributed by atoms with Crippen LogP contribution in [0.5, 0.6) is 0 Å². The molecular weight excluding hydrogens is 818 g/mol. The molecule has 6 rings (SSSR count). The van der Waals surface area contributed by atoms with E-state index in [1.807, 2.05) is 0 Å². The number of imide groups is 1. The summed E-state index contributed by atoms with van der Waals surface area (Å²) < 4.78 is 10.5. The topological polar surface area (TPSA) is 259 Å². The second-order valence-corrected chi connectivity index (χ2v) is 16.2. The third-order valence-electron chi connectivity index (χ3n) is 11.5. The predicted molar refractivity (Wildman–Crippen MR) is 225 cm³/mol. The number of hydrogen-bond acceptors (Lipinski definition) is 13. The number of nitrogens with zero attached hydrogens (tertiary/aromatic N) is 2. The summed E-state index contributed by atoms with van der Waals surface area (Å²) in [5.74, 6) is -4.71. The lowest BCUT2D eigenvalue weighted by molar-refractivity contribution is -0.197. The highest BCUT2D eigenvalue weighted by molar-refractivity contribution is 6.62. The molecule has 2 aromatic carbocycles. The van der Waals surface area contributed by atoms with E-state index in [1.54, 1.807) is 24.3 Å². The van der Waals surface area contributed by atoms with Crippen molar-refractivity contribution < 1.29 is 62.6 Å². The molecule has 0 aliphatic carbocycles. The van der Waals surface area contributed by atoms with Gasteiger partial charge in [0, 0.05) is 56.1 Å². The molecule has 336 valence electrons. The lowest BCUT2D eigenvalue weighted by Crippen LogP contribution is -2.53. The van der Waals surface area contributed by atoms with Crippen molar-refractivity contribution in [3.63, 3.8) is 0 Å². The van der Waals surface area contributed by atoms with Crippen LogP contribution < -0.4 is 32.2 Å². The Morgan fingerprint density at radius 2 is 1.46 bits per heavy atom. The largest absolute Gasteiger partial charge is 0.491 e. The summed E-state index contributed by atoms with van der Waals surface area (Å²) in [4.78, 5) is 110. The van der Waals surface area contributed by atoms with Crippen LogP contribution in [0.1, 0.15) is 122 Å². The minimum atomic E-state index is -1.23. The van der Waals surface area contributed by atoms with Gasteiger partial charge in [0.25, 0.3) is 23.6 Å². The van der Waals surface area contributed by atoms with Crippen LogP contribution in [0, 0.1) is 0 Å². The molecule has 4 aliphatic rings. The Morgan fingerprint density at radius 1 is 0.810 bits per heavy atom. The van der Waals surface area contributed by atoms with Crippen LogP contribution in [0.25, 0.3) is 0 Å². The van der Waals surface area contributed by atoms with Crippen molar-refractivity contribution in [2.45, 2.75) is 122 Å². The molecule has 6 N–H and O–H groups in total. The van der Waals surface area contributed by atoms with Crippen molar-refractivity contribution in [1.82, 2.24) is 31.2 Å².